The molecule has 2 rings (SSSR count). The van der Waals surface area contributed by atoms with E-state index in [2.05, 4.69) is 0 Å². The molecule has 1 aliphatic heterocycles. The fraction of sp³-hybridized carbons (Fsp3) is 0.462. The standard InChI is InChI=1S/C13H16N2O3/c1-10-5-6-11(15(17)18)8-13(10)14-7-3-2-4-12(14)9-16/h5-6,8-9,12H,2-4,7H2,1H3. The molecular formula is C13H16N2O3. The minimum atomic E-state index is -0.400. The normalized spacial score (nSPS) is 19.6. The lowest BCUT2D eigenvalue weighted by Crippen LogP contribution is -2.41. The van der Waals surface area contributed by atoms with E-state index in [1.165, 1.54) is 6.07 Å². The van der Waals surface area contributed by atoms with Gasteiger partial charge in [0.25, 0.3) is 5.69 Å². The number of non-ortho nitro benzene ring substituents is 1. The summed E-state index contributed by atoms with van der Waals surface area (Å²) in [5.41, 5.74) is 1.85. The predicted molar refractivity (Wildman–Crippen MR) is 68.9 cm³/mol. The lowest BCUT2D eigenvalue weighted by atomic mass is 10.0. The second-order valence-corrected chi connectivity index (χ2v) is 4.62. The summed E-state index contributed by atoms with van der Waals surface area (Å²) >= 11 is 0. The van der Waals surface area contributed by atoms with Crippen LogP contribution >= 0.6 is 0 Å². The van der Waals surface area contributed by atoms with Crippen molar-refractivity contribution in [3.05, 3.63) is 33.9 Å². The third-order valence-electron chi connectivity index (χ3n) is 3.42. The van der Waals surface area contributed by atoms with Crippen LogP contribution in [0.15, 0.2) is 18.2 Å². The van der Waals surface area contributed by atoms with Crippen molar-refractivity contribution < 1.29 is 9.72 Å². The maximum Gasteiger partial charge on any atom is 0.271 e. The highest BCUT2D eigenvalue weighted by atomic mass is 16.6. The molecule has 0 spiro atoms. The summed E-state index contributed by atoms with van der Waals surface area (Å²) in [6.45, 7) is 2.70. The van der Waals surface area contributed by atoms with Crippen molar-refractivity contribution in [1.82, 2.24) is 0 Å². The van der Waals surface area contributed by atoms with Crippen molar-refractivity contribution in [3.8, 4) is 0 Å². The highest BCUT2D eigenvalue weighted by Gasteiger charge is 2.24. The Hall–Kier alpha value is -1.91. The maximum absolute atomic E-state index is 11.1. The summed E-state index contributed by atoms with van der Waals surface area (Å²) in [5.74, 6) is 0. The monoisotopic (exact) mass is 248 g/mol. The molecule has 5 nitrogen and oxygen atoms in total. The number of nitrogens with zero attached hydrogens (tertiary/aromatic N) is 2. The van der Waals surface area contributed by atoms with Crippen molar-refractivity contribution in [2.45, 2.75) is 32.2 Å². The molecule has 1 aromatic carbocycles. The number of carbonyl (C=O) groups is 1. The average Bonchev–Trinajstić information content (AvgIpc) is 2.39. The second kappa shape index (κ2) is 5.16. The number of hydrogen-bond donors (Lipinski definition) is 0. The van der Waals surface area contributed by atoms with E-state index < -0.39 is 4.92 Å². The molecule has 0 amide bonds. The van der Waals surface area contributed by atoms with Gasteiger partial charge in [0.05, 0.1) is 11.0 Å². The Morgan fingerprint density at radius 3 is 2.89 bits per heavy atom. The first-order chi connectivity index (χ1) is 8.63. The fourth-order valence-corrected chi connectivity index (χ4v) is 2.42. The molecule has 0 aliphatic carbocycles. The molecule has 1 fully saturated rings. The molecule has 1 heterocycles. The van der Waals surface area contributed by atoms with Gasteiger partial charge >= 0.3 is 0 Å². The molecule has 1 atom stereocenters. The Morgan fingerprint density at radius 2 is 2.22 bits per heavy atom. The molecule has 1 saturated heterocycles. The van der Waals surface area contributed by atoms with Gasteiger partial charge in [0.2, 0.25) is 0 Å². The van der Waals surface area contributed by atoms with Crippen LogP contribution in [0, 0.1) is 17.0 Å². The van der Waals surface area contributed by atoms with Crippen LogP contribution in [-0.4, -0.2) is 23.8 Å². The minimum Gasteiger partial charge on any atom is -0.361 e. The maximum atomic E-state index is 11.1. The number of aldehydes is 1. The molecule has 0 N–H and O–H groups in total. The van der Waals surface area contributed by atoms with E-state index in [-0.39, 0.29) is 11.7 Å². The van der Waals surface area contributed by atoms with E-state index in [1.54, 1.807) is 12.1 Å². The van der Waals surface area contributed by atoms with Crippen LogP contribution in [0.5, 0.6) is 0 Å². The van der Waals surface area contributed by atoms with Crippen LogP contribution in [0.25, 0.3) is 0 Å². The zero-order valence-corrected chi connectivity index (χ0v) is 10.3. The molecule has 5 heteroatoms. The Balaban J connectivity index is 2.38. The summed E-state index contributed by atoms with van der Waals surface area (Å²) in [7, 11) is 0. The molecule has 0 aromatic heterocycles. The number of anilines is 1. The van der Waals surface area contributed by atoms with Gasteiger partial charge in [0, 0.05) is 24.4 Å². The molecular weight excluding hydrogens is 232 g/mol. The van der Waals surface area contributed by atoms with E-state index in [4.69, 9.17) is 0 Å². The van der Waals surface area contributed by atoms with Gasteiger partial charge in [0.15, 0.2) is 0 Å². The minimum absolute atomic E-state index is 0.0748. The number of benzene rings is 1. The average molecular weight is 248 g/mol. The zero-order chi connectivity index (χ0) is 13.1. The van der Waals surface area contributed by atoms with Gasteiger partial charge in [-0.05, 0) is 31.7 Å². The first-order valence-electron chi connectivity index (χ1n) is 6.10. The van der Waals surface area contributed by atoms with Gasteiger partial charge in [-0.1, -0.05) is 6.07 Å². The van der Waals surface area contributed by atoms with Crippen LogP contribution in [0.3, 0.4) is 0 Å². The highest BCUT2D eigenvalue weighted by molar-refractivity contribution is 5.69. The Labute approximate surface area is 106 Å². The van der Waals surface area contributed by atoms with Gasteiger partial charge in [-0.2, -0.15) is 0 Å². The zero-order valence-electron chi connectivity index (χ0n) is 10.3. The Morgan fingerprint density at radius 1 is 1.44 bits per heavy atom. The van der Waals surface area contributed by atoms with Crippen molar-refractivity contribution in [2.75, 3.05) is 11.4 Å². The van der Waals surface area contributed by atoms with Crippen LogP contribution in [0.1, 0.15) is 24.8 Å². The largest absolute Gasteiger partial charge is 0.361 e. The lowest BCUT2D eigenvalue weighted by Gasteiger charge is -2.35. The molecule has 1 unspecified atom stereocenters. The van der Waals surface area contributed by atoms with Crippen LogP contribution in [0.2, 0.25) is 0 Å². The molecule has 1 aromatic rings. The molecule has 0 bridgehead atoms. The van der Waals surface area contributed by atoms with Gasteiger partial charge < -0.3 is 9.69 Å². The smallest absolute Gasteiger partial charge is 0.271 e. The van der Waals surface area contributed by atoms with Gasteiger partial charge in [0.1, 0.15) is 6.29 Å². The Kier molecular flexibility index (Phi) is 3.60. The topological polar surface area (TPSA) is 63.5 Å². The number of nitro groups is 1. The molecule has 18 heavy (non-hydrogen) atoms. The van der Waals surface area contributed by atoms with Gasteiger partial charge in [-0.15, -0.1) is 0 Å². The summed E-state index contributed by atoms with van der Waals surface area (Å²) in [6.07, 6.45) is 3.82. The summed E-state index contributed by atoms with van der Waals surface area (Å²) in [6, 6.07) is 4.65. The van der Waals surface area contributed by atoms with E-state index in [0.717, 1.165) is 43.3 Å². The number of nitro benzene ring substituents is 1. The van der Waals surface area contributed by atoms with Crippen molar-refractivity contribution >= 4 is 17.7 Å². The third kappa shape index (κ3) is 2.34. The number of carbonyl (C=O) groups excluding carboxylic acids is 1. The van der Waals surface area contributed by atoms with Crippen LogP contribution in [0.4, 0.5) is 11.4 Å². The molecule has 0 saturated carbocycles. The number of piperidine rings is 1. The number of hydrogen-bond acceptors (Lipinski definition) is 4. The van der Waals surface area contributed by atoms with Crippen molar-refractivity contribution in [1.29, 1.82) is 0 Å². The summed E-state index contributed by atoms with van der Waals surface area (Å²) in [5, 5.41) is 10.8. The molecule has 0 radical (unpaired) electrons. The van der Waals surface area contributed by atoms with Gasteiger partial charge in [-0.25, -0.2) is 0 Å². The SMILES string of the molecule is Cc1ccc([N+](=O)[O-])cc1N1CCCCC1C=O. The third-order valence-corrected chi connectivity index (χ3v) is 3.42. The quantitative estimate of drug-likeness (QED) is 0.468. The Bertz CT molecular complexity index is 473. The second-order valence-electron chi connectivity index (χ2n) is 4.62. The highest BCUT2D eigenvalue weighted by Crippen LogP contribution is 2.30. The van der Waals surface area contributed by atoms with E-state index in [9.17, 15) is 14.9 Å². The van der Waals surface area contributed by atoms with E-state index in [1.807, 2.05) is 11.8 Å². The van der Waals surface area contributed by atoms with Gasteiger partial charge in [-0.3, -0.25) is 10.1 Å². The van der Waals surface area contributed by atoms with Crippen molar-refractivity contribution in [3.63, 3.8) is 0 Å². The first kappa shape index (κ1) is 12.5. The van der Waals surface area contributed by atoms with Crippen LogP contribution in [-0.2, 0) is 4.79 Å². The van der Waals surface area contributed by atoms with E-state index in [0.29, 0.717) is 0 Å². The fourth-order valence-electron chi connectivity index (χ4n) is 2.42. The molecule has 1 aliphatic rings. The first-order valence-corrected chi connectivity index (χ1v) is 6.10. The van der Waals surface area contributed by atoms with Crippen LogP contribution < -0.4 is 4.90 Å². The van der Waals surface area contributed by atoms with E-state index >= 15 is 0 Å². The summed E-state index contributed by atoms with van der Waals surface area (Å²) < 4.78 is 0. The predicted octanol–water partition coefficient (Wildman–Crippen LogP) is 2.46. The van der Waals surface area contributed by atoms with Crippen molar-refractivity contribution in [2.24, 2.45) is 0 Å². The molecule has 96 valence electrons. The number of rotatable bonds is 3. The number of aryl methyl sites for hydroxylation is 1. The lowest BCUT2D eigenvalue weighted by molar-refractivity contribution is -0.384. The summed E-state index contributed by atoms with van der Waals surface area (Å²) in [4.78, 5) is 23.5.